The maximum atomic E-state index is 12.9. The monoisotopic (exact) mass is 356 g/mol. The molecule has 3 aromatic carbocycles. The van der Waals surface area contributed by atoms with Crippen LogP contribution in [0, 0.1) is 13.8 Å². The molecule has 1 aliphatic carbocycles. The van der Waals surface area contributed by atoms with E-state index in [1.165, 1.54) is 0 Å². The van der Waals surface area contributed by atoms with Gasteiger partial charge in [0, 0.05) is 12.8 Å². The highest BCUT2D eigenvalue weighted by Gasteiger charge is 2.29. The summed E-state index contributed by atoms with van der Waals surface area (Å²) in [6.07, 6.45) is 0.832. The zero-order chi connectivity index (χ0) is 19.0. The Kier molecular flexibility index (Phi) is 4.36. The molecule has 0 spiro atoms. The summed E-state index contributed by atoms with van der Waals surface area (Å²) in [4.78, 5) is 25.4. The van der Waals surface area contributed by atoms with Crippen molar-refractivity contribution in [2.24, 2.45) is 0 Å². The van der Waals surface area contributed by atoms with Crippen LogP contribution in [0.1, 0.15) is 39.9 Å². The largest absolute Gasteiger partial charge is 0.427 e. The molecule has 0 amide bonds. The third kappa shape index (κ3) is 3.17. The lowest BCUT2D eigenvalue weighted by molar-refractivity contribution is -0.113. The van der Waals surface area contributed by atoms with E-state index in [0.29, 0.717) is 29.7 Å². The van der Waals surface area contributed by atoms with Gasteiger partial charge in [-0.1, -0.05) is 60.2 Å². The van der Waals surface area contributed by atoms with Crippen LogP contribution in [0.25, 0.3) is 16.3 Å². The molecule has 0 fully saturated rings. The van der Waals surface area contributed by atoms with E-state index in [2.05, 4.69) is 0 Å². The number of aryl methyl sites for hydroxylation is 2. The molecule has 3 nitrogen and oxygen atoms in total. The van der Waals surface area contributed by atoms with Gasteiger partial charge in [-0.15, -0.1) is 0 Å². The molecular weight excluding hydrogens is 336 g/mol. The zero-order valence-electron chi connectivity index (χ0n) is 15.4. The van der Waals surface area contributed by atoms with Crippen molar-refractivity contribution in [2.45, 2.75) is 26.7 Å². The lowest BCUT2D eigenvalue weighted by atomic mass is 9.97. The highest BCUT2D eigenvalue weighted by Crippen LogP contribution is 2.34. The minimum absolute atomic E-state index is 0.0303. The first kappa shape index (κ1) is 17.2. The van der Waals surface area contributed by atoms with E-state index < -0.39 is 5.97 Å². The zero-order valence-corrected chi connectivity index (χ0v) is 15.4. The van der Waals surface area contributed by atoms with Gasteiger partial charge in [0.2, 0.25) is 0 Å². The molecule has 0 saturated heterocycles. The van der Waals surface area contributed by atoms with E-state index in [1.54, 1.807) is 6.07 Å². The number of ketones is 1. The van der Waals surface area contributed by atoms with Crippen molar-refractivity contribution < 1.29 is 14.3 Å². The van der Waals surface area contributed by atoms with Gasteiger partial charge >= 0.3 is 5.97 Å². The second kappa shape index (κ2) is 6.84. The molecule has 0 saturated carbocycles. The fourth-order valence-electron chi connectivity index (χ4n) is 3.70. The van der Waals surface area contributed by atoms with E-state index in [9.17, 15) is 9.59 Å². The summed E-state index contributed by atoms with van der Waals surface area (Å²) in [7, 11) is 0. The van der Waals surface area contributed by atoms with E-state index in [-0.39, 0.29) is 5.78 Å². The van der Waals surface area contributed by atoms with Gasteiger partial charge in [0.1, 0.15) is 5.76 Å². The number of esters is 1. The fraction of sp³-hybridized carbons (Fsp3) is 0.167. The number of carbonyl (C=O) groups is 2. The van der Waals surface area contributed by atoms with E-state index in [0.717, 1.165) is 27.5 Å². The minimum atomic E-state index is -0.418. The number of Topliss-reactive ketones (excluding diaryl/α,β-unsaturated/α-hetero) is 1. The van der Waals surface area contributed by atoms with E-state index in [1.807, 2.05) is 68.4 Å². The highest BCUT2D eigenvalue weighted by atomic mass is 16.5. The summed E-state index contributed by atoms with van der Waals surface area (Å²) < 4.78 is 5.75. The Morgan fingerprint density at radius 2 is 1.70 bits per heavy atom. The molecule has 4 rings (SSSR count). The van der Waals surface area contributed by atoms with Crippen LogP contribution in [-0.2, 0) is 9.53 Å². The quantitative estimate of drug-likeness (QED) is 0.591. The first-order valence-electron chi connectivity index (χ1n) is 9.08. The van der Waals surface area contributed by atoms with Crippen molar-refractivity contribution in [3.63, 3.8) is 0 Å². The van der Waals surface area contributed by atoms with Gasteiger partial charge in [0.15, 0.2) is 5.78 Å². The van der Waals surface area contributed by atoms with Gasteiger partial charge in [0.25, 0.3) is 0 Å². The normalized spacial score (nSPS) is 14.1. The molecule has 3 aromatic rings. The number of benzene rings is 3. The molecule has 0 atom stereocenters. The van der Waals surface area contributed by atoms with Crippen LogP contribution < -0.4 is 0 Å². The first-order valence-corrected chi connectivity index (χ1v) is 9.08. The SMILES string of the molecule is Cc1ccc(C2=C(OC(=O)c3cccc4ccccc34)CCC2=O)c(C)c1. The number of rotatable bonds is 3. The lowest BCUT2D eigenvalue weighted by Gasteiger charge is -2.12. The third-order valence-corrected chi connectivity index (χ3v) is 5.01. The maximum Gasteiger partial charge on any atom is 0.343 e. The summed E-state index contributed by atoms with van der Waals surface area (Å²) in [6.45, 7) is 3.99. The van der Waals surface area contributed by atoms with Crippen LogP contribution in [0.3, 0.4) is 0 Å². The van der Waals surface area contributed by atoms with Gasteiger partial charge in [-0.25, -0.2) is 4.79 Å². The molecule has 0 aliphatic heterocycles. The lowest BCUT2D eigenvalue weighted by Crippen LogP contribution is -2.07. The number of carbonyl (C=O) groups excluding carboxylic acids is 2. The molecule has 3 heteroatoms. The fourth-order valence-corrected chi connectivity index (χ4v) is 3.70. The predicted octanol–water partition coefficient (Wildman–Crippen LogP) is 5.39. The number of hydrogen-bond acceptors (Lipinski definition) is 3. The van der Waals surface area contributed by atoms with Crippen LogP contribution in [0.2, 0.25) is 0 Å². The minimum Gasteiger partial charge on any atom is -0.427 e. The average molecular weight is 356 g/mol. The Morgan fingerprint density at radius 3 is 2.52 bits per heavy atom. The Hall–Kier alpha value is -3.20. The Balaban J connectivity index is 1.74. The smallest absolute Gasteiger partial charge is 0.343 e. The van der Waals surface area contributed by atoms with Crippen LogP contribution in [-0.4, -0.2) is 11.8 Å². The van der Waals surface area contributed by atoms with E-state index >= 15 is 0 Å². The van der Waals surface area contributed by atoms with Gasteiger partial charge in [-0.2, -0.15) is 0 Å². The summed E-state index contributed by atoms with van der Waals surface area (Å²) in [6, 6.07) is 19.2. The molecule has 134 valence electrons. The Labute approximate surface area is 158 Å². The molecule has 0 aromatic heterocycles. The van der Waals surface area contributed by atoms with Crippen molar-refractivity contribution in [3.05, 3.63) is 88.7 Å². The summed E-state index contributed by atoms with van der Waals surface area (Å²) in [5.41, 5.74) is 4.06. The molecule has 0 radical (unpaired) electrons. The average Bonchev–Trinajstić information content (AvgIpc) is 3.01. The van der Waals surface area contributed by atoms with Crippen molar-refractivity contribution >= 4 is 28.1 Å². The van der Waals surface area contributed by atoms with E-state index in [4.69, 9.17) is 4.74 Å². The van der Waals surface area contributed by atoms with Crippen LogP contribution in [0.4, 0.5) is 0 Å². The van der Waals surface area contributed by atoms with Gasteiger partial charge in [0.05, 0.1) is 11.1 Å². The van der Waals surface area contributed by atoms with Gasteiger partial charge in [-0.05, 0) is 41.8 Å². The molecule has 27 heavy (non-hydrogen) atoms. The number of allylic oxidation sites excluding steroid dienone is 2. The maximum absolute atomic E-state index is 12.9. The molecular formula is C24H20O3. The predicted molar refractivity (Wildman–Crippen MR) is 106 cm³/mol. The first-order chi connectivity index (χ1) is 13.0. The standard InChI is InChI=1S/C24H20O3/c1-15-10-11-18(16(2)14-15)23-21(25)12-13-22(23)27-24(26)20-9-5-7-17-6-3-4-8-19(17)20/h3-11,14H,12-13H2,1-2H3. The van der Waals surface area contributed by atoms with Crippen molar-refractivity contribution in [1.29, 1.82) is 0 Å². The Bertz CT molecular complexity index is 1100. The molecule has 0 N–H and O–H groups in total. The second-order valence-corrected chi connectivity index (χ2v) is 6.96. The van der Waals surface area contributed by atoms with Crippen molar-refractivity contribution in [1.82, 2.24) is 0 Å². The van der Waals surface area contributed by atoms with Crippen LogP contribution in [0.15, 0.2) is 66.4 Å². The van der Waals surface area contributed by atoms with Crippen LogP contribution in [0.5, 0.6) is 0 Å². The number of ether oxygens (including phenoxy) is 1. The van der Waals surface area contributed by atoms with Crippen molar-refractivity contribution in [3.8, 4) is 0 Å². The van der Waals surface area contributed by atoms with Crippen LogP contribution >= 0.6 is 0 Å². The topological polar surface area (TPSA) is 43.4 Å². The number of hydrogen-bond donors (Lipinski definition) is 0. The third-order valence-electron chi connectivity index (χ3n) is 5.01. The second-order valence-electron chi connectivity index (χ2n) is 6.96. The molecule has 0 heterocycles. The molecule has 0 unspecified atom stereocenters. The molecule has 1 aliphatic rings. The highest BCUT2D eigenvalue weighted by molar-refractivity contribution is 6.24. The summed E-state index contributed by atoms with van der Waals surface area (Å²) in [5, 5.41) is 1.83. The molecule has 0 bridgehead atoms. The Morgan fingerprint density at radius 1 is 0.926 bits per heavy atom. The van der Waals surface area contributed by atoms with Gasteiger partial charge in [-0.3, -0.25) is 4.79 Å². The van der Waals surface area contributed by atoms with Gasteiger partial charge < -0.3 is 4.74 Å². The summed E-state index contributed by atoms with van der Waals surface area (Å²) in [5.74, 6) is 0.0892. The van der Waals surface area contributed by atoms with Crippen molar-refractivity contribution in [2.75, 3.05) is 0 Å². The summed E-state index contributed by atoms with van der Waals surface area (Å²) >= 11 is 0. The number of fused-ring (bicyclic) bond motifs is 1.